The number of anilines is 1. The fourth-order valence-electron chi connectivity index (χ4n) is 3.96. The second-order valence-electron chi connectivity index (χ2n) is 7.22. The third-order valence-corrected chi connectivity index (χ3v) is 5.22. The number of hydrogen-bond acceptors (Lipinski definition) is 2. The molecule has 1 atom stereocenters. The Morgan fingerprint density at radius 1 is 1.07 bits per heavy atom. The molecule has 0 radical (unpaired) electrons. The molecular formula is C23H22N2O2. The standard InChI is InChI=1S/C23H22N2O2/c1-14-10-11-18(15(2)12-14)16(3)24-21(26)13-25-20-9-5-7-17-6-4-8-19(22(17)20)23(25)27/h4-12,16H,13H2,1-3H3,(H,24,26). The van der Waals surface area contributed by atoms with Gasteiger partial charge in [-0.1, -0.05) is 48.0 Å². The molecule has 136 valence electrons. The zero-order valence-electron chi connectivity index (χ0n) is 15.7. The van der Waals surface area contributed by atoms with Crippen molar-refractivity contribution in [2.45, 2.75) is 26.8 Å². The second kappa shape index (κ2) is 6.54. The van der Waals surface area contributed by atoms with Gasteiger partial charge >= 0.3 is 0 Å². The quantitative estimate of drug-likeness (QED) is 0.756. The molecule has 1 N–H and O–H groups in total. The monoisotopic (exact) mass is 358 g/mol. The molecule has 4 rings (SSSR count). The summed E-state index contributed by atoms with van der Waals surface area (Å²) < 4.78 is 0. The van der Waals surface area contributed by atoms with Gasteiger partial charge in [-0.2, -0.15) is 0 Å². The molecule has 2 amide bonds. The van der Waals surface area contributed by atoms with Gasteiger partial charge in [0.25, 0.3) is 5.91 Å². The van der Waals surface area contributed by atoms with Gasteiger partial charge in [0.2, 0.25) is 5.91 Å². The maximum Gasteiger partial charge on any atom is 0.259 e. The second-order valence-corrected chi connectivity index (χ2v) is 7.22. The average molecular weight is 358 g/mol. The van der Waals surface area contributed by atoms with E-state index >= 15 is 0 Å². The van der Waals surface area contributed by atoms with Crippen molar-refractivity contribution in [1.82, 2.24) is 5.32 Å². The zero-order valence-corrected chi connectivity index (χ0v) is 15.7. The Balaban J connectivity index is 1.54. The molecule has 0 bridgehead atoms. The highest BCUT2D eigenvalue weighted by molar-refractivity contribution is 6.26. The number of nitrogens with zero attached hydrogens (tertiary/aromatic N) is 1. The molecule has 3 aromatic rings. The van der Waals surface area contributed by atoms with Crippen LogP contribution in [0.4, 0.5) is 5.69 Å². The Hall–Kier alpha value is -3.14. The van der Waals surface area contributed by atoms with E-state index in [4.69, 9.17) is 0 Å². The lowest BCUT2D eigenvalue weighted by Crippen LogP contribution is -2.40. The number of benzene rings is 3. The van der Waals surface area contributed by atoms with Crippen LogP contribution in [0.15, 0.2) is 54.6 Å². The van der Waals surface area contributed by atoms with Gasteiger partial charge in [0, 0.05) is 10.9 Å². The molecule has 4 heteroatoms. The van der Waals surface area contributed by atoms with Crippen LogP contribution in [-0.2, 0) is 4.79 Å². The first kappa shape index (κ1) is 17.3. The highest BCUT2D eigenvalue weighted by Gasteiger charge is 2.31. The third-order valence-electron chi connectivity index (χ3n) is 5.22. The minimum absolute atomic E-state index is 0.0157. The predicted octanol–water partition coefficient (Wildman–Crippen LogP) is 4.29. The molecular weight excluding hydrogens is 336 g/mol. The van der Waals surface area contributed by atoms with Crippen LogP contribution in [0, 0.1) is 13.8 Å². The third kappa shape index (κ3) is 2.97. The molecule has 0 aromatic heterocycles. The van der Waals surface area contributed by atoms with E-state index in [1.807, 2.05) is 62.4 Å². The largest absolute Gasteiger partial charge is 0.348 e. The molecule has 0 saturated heterocycles. The van der Waals surface area contributed by atoms with Gasteiger partial charge in [-0.15, -0.1) is 0 Å². The van der Waals surface area contributed by atoms with Crippen molar-refractivity contribution >= 4 is 28.3 Å². The van der Waals surface area contributed by atoms with Crippen LogP contribution in [0.3, 0.4) is 0 Å². The molecule has 4 nitrogen and oxygen atoms in total. The van der Waals surface area contributed by atoms with Crippen LogP contribution in [0.2, 0.25) is 0 Å². The molecule has 0 fully saturated rings. The number of amides is 2. The van der Waals surface area contributed by atoms with E-state index in [9.17, 15) is 9.59 Å². The van der Waals surface area contributed by atoms with Crippen LogP contribution >= 0.6 is 0 Å². The zero-order chi connectivity index (χ0) is 19.1. The number of aryl methyl sites for hydroxylation is 2. The lowest BCUT2D eigenvalue weighted by atomic mass is 10.0. The first-order chi connectivity index (χ1) is 13.0. The van der Waals surface area contributed by atoms with Gasteiger partial charge < -0.3 is 5.32 Å². The van der Waals surface area contributed by atoms with Crippen LogP contribution < -0.4 is 10.2 Å². The minimum atomic E-state index is -0.166. The van der Waals surface area contributed by atoms with E-state index in [0.29, 0.717) is 5.56 Å². The van der Waals surface area contributed by atoms with Crippen molar-refractivity contribution in [3.05, 3.63) is 76.9 Å². The molecule has 1 unspecified atom stereocenters. The number of hydrogen-bond donors (Lipinski definition) is 1. The summed E-state index contributed by atoms with van der Waals surface area (Å²) in [5, 5.41) is 4.98. The number of nitrogens with one attached hydrogen (secondary N) is 1. The summed E-state index contributed by atoms with van der Waals surface area (Å²) >= 11 is 0. The van der Waals surface area contributed by atoms with Gasteiger partial charge in [0.05, 0.1) is 11.7 Å². The van der Waals surface area contributed by atoms with Gasteiger partial charge in [-0.25, -0.2) is 0 Å². The van der Waals surface area contributed by atoms with E-state index in [-0.39, 0.29) is 24.4 Å². The molecule has 1 heterocycles. The van der Waals surface area contributed by atoms with E-state index in [2.05, 4.69) is 18.3 Å². The first-order valence-corrected chi connectivity index (χ1v) is 9.16. The topological polar surface area (TPSA) is 49.4 Å². The lowest BCUT2D eigenvalue weighted by Gasteiger charge is -2.21. The SMILES string of the molecule is Cc1ccc(C(C)NC(=O)CN2C(=O)c3cccc4cccc2c34)c(C)c1. The Labute approximate surface area is 158 Å². The molecule has 0 spiro atoms. The van der Waals surface area contributed by atoms with E-state index < -0.39 is 0 Å². The van der Waals surface area contributed by atoms with Gasteiger partial charge in [0.15, 0.2) is 0 Å². The summed E-state index contributed by atoms with van der Waals surface area (Å²) in [5.74, 6) is -0.281. The van der Waals surface area contributed by atoms with Gasteiger partial charge in [-0.3, -0.25) is 14.5 Å². The fraction of sp³-hybridized carbons (Fsp3) is 0.217. The van der Waals surface area contributed by atoms with Crippen LogP contribution in [0.5, 0.6) is 0 Å². The smallest absolute Gasteiger partial charge is 0.259 e. The Kier molecular flexibility index (Phi) is 4.19. The van der Waals surface area contributed by atoms with Crippen molar-refractivity contribution < 1.29 is 9.59 Å². The predicted molar refractivity (Wildman–Crippen MR) is 108 cm³/mol. The fourth-order valence-corrected chi connectivity index (χ4v) is 3.96. The average Bonchev–Trinajstić information content (AvgIpc) is 2.89. The Morgan fingerprint density at radius 2 is 1.81 bits per heavy atom. The number of carbonyl (C=O) groups excluding carboxylic acids is 2. The molecule has 1 aliphatic heterocycles. The summed E-state index contributed by atoms with van der Waals surface area (Å²) in [6.07, 6.45) is 0. The molecule has 0 saturated carbocycles. The maximum absolute atomic E-state index is 12.8. The summed E-state index contributed by atoms with van der Waals surface area (Å²) in [7, 11) is 0. The normalized spacial score (nSPS) is 13.9. The first-order valence-electron chi connectivity index (χ1n) is 9.16. The summed E-state index contributed by atoms with van der Waals surface area (Å²) in [4.78, 5) is 27.0. The lowest BCUT2D eigenvalue weighted by molar-refractivity contribution is -0.120. The highest BCUT2D eigenvalue weighted by atomic mass is 16.2. The molecule has 3 aromatic carbocycles. The van der Waals surface area contributed by atoms with Crippen molar-refractivity contribution in [3.8, 4) is 0 Å². The number of rotatable bonds is 4. The minimum Gasteiger partial charge on any atom is -0.348 e. The molecule has 0 aliphatic carbocycles. The van der Waals surface area contributed by atoms with Crippen molar-refractivity contribution in [2.24, 2.45) is 0 Å². The summed E-state index contributed by atoms with van der Waals surface area (Å²) in [6, 6.07) is 17.6. The molecule has 1 aliphatic rings. The van der Waals surface area contributed by atoms with Gasteiger partial charge in [-0.05, 0) is 49.4 Å². The summed E-state index contributed by atoms with van der Waals surface area (Å²) in [6.45, 7) is 6.09. The van der Waals surface area contributed by atoms with Crippen LogP contribution in [0.1, 0.15) is 40.0 Å². The summed E-state index contributed by atoms with van der Waals surface area (Å²) in [5.41, 5.74) is 4.91. The molecule has 27 heavy (non-hydrogen) atoms. The maximum atomic E-state index is 12.8. The van der Waals surface area contributed by atoms with E-state index in [1.54, 1.807) is 4.90 Å². The van der Waals surface area contributed by atoms with E-state index in [1.165, 1.54) is 5.56 Å². The Morgan fingerprint density at radius 3 is 2.56 bits per heavy atom. The van der Waals surface area contributed by atoms with Crippen LogP contribution in [-0.4, -0.2) is 18.4 Å². The van der Waals surface area contributed by atoms with Crippen molar-refractivity contribution in [1.29, 1.82) is 0 Å². The van der Waals surface area contributed by atoms with Crippen LogP contribution in [0.25, 0.3) is 10.8 Å². The van der Waals surface area contributed by atoms with Gasteiger partial charge in [0.1, 0.15) is 6.54 Å². The highest BCUT2D eigenvalue weighted by Crippen LogP contribution is 2.36. The number of carbonyl (C=O) groups is 2. The Bertz CT molecular complexity index is 1070. The van der Waals surface area contributed by atoms with Crippen molar-refractivity contribution in [2.75, 3.05) is 11.4 Å². The van der Waals surface area contributed by atoms with Crippen molar-refractivity contribution in [3.63, 3.8) is 0 Å². The van der Waals surface area contributed by atoms with E-state index in [0.717, 1.165) is 27.6 Å².